The molecule has 0 saturated carbocycles. The first-order valence-electron chi connectivity index (χ1n) is 8.30. The third-order valence-electron chi connectivity index (χ3n) is 4.27. The predicted octanol–water partition coefficient (Wildman–Crippen LogP) is 4.72. The molecule has 0 radical (unpaired) electrons. The number of hydrogen-bond acceptors (Lipinski definition) is 4. The van der Waals surface area contributed by atoms with E-state index in [1.807, 2.05) is 6.07 Å². The van der Waals surface area contributed by atoms with Crippen molar-refractivity contribution in [1.82, 2.24) is 0 Å². The summed E-state index contributed by atoms with van der Waals surface area (Å²) in [5.74, 6) is -0.0365. The highest BCUT2D eigenvalue weighted by atomic mass is 19.4. The van der Waals surface area contributed by atoms with E-state index in [0.29, 0.717) is 35.4 Å². The quantitative estimate of drug-likeness (QED) is 0.798. The molecule has 0 bridgehead atoms. The van der Waals surface area contributed by atoms with Crippen LogP contribution in [0.1, 0.15) is 24.0 Å². The highest BCUT2D eigenvalue weighted by molar-refractivity contribution is 6.00. The van der Waals surface area contributed by atoms with Gasteiger partial charge in [-0.25, -0.2) is 0 Å². The summed E-state index contributed by atoms with van der Waals surface area (Å²) >= 11 is 0. The first kappa shape index (κ1) is 18.5. The van der Waals surface area contributed by atoms with E-state index in [9.17, 15) is 18.0 Å². The summed E-state index contributed by atoms with van der Waals surface area (Å²) in [6, 6.07) is 13.7. The van der Waals surface area contributed by atoms with Gasteiger partial charge in [-0.2, -0.15) is 18.4 Å². The van der Waals surface area contributed by atoms with Gasteiger partial charge >= 0.3 is 6.18 Å². The van der Waals surface area contributed by atoms with Crippen molar-refractivity contribution >= 4 is 17.2 Å². The Morgan fingerprint density at radius 1 is 1.04 bits per heavy atom. The number of halogens is 3. The van der Waals surface area contributed by atoms with Gasteiger partial charge in [0, 0.05) is 35.6 Å². The molecule has 27 heavy (non-hydrogen) atoms. The molecule has 0 heterocycles. The highest BCUT2D eigenvalue weighted by Gasteiger charge is 2.30. The molecule has 0 spiro atoms. The van der Waals surface area contributed by atoms with E-state index in [4.69, 9.17) is 5.26 Å². The van der Waals surface area contributed by atoms with Gasteiger partial charge in [0.15, 0.2) is 5.78 Å². The first-order valence-corrected chi connectivity index (χ1v) is 8.30. The third-order valence-corrected chi connectivity index (χ3v) is 4.27. The number of rotatable bonds is 5. The minimum atomic E-state index is -4.42. The number of ketones is 1. The number of benzene rings is 2. The molecule has 0 aromatic heterocycles. The van der Waals surface area contributed by atoms with E-state index < -0.39 is 11.7 Å². The molecule has 0 atom stereocenters. The van der Waals surface area contributed by atoms with Crippen LogP contribution in [0.5, 0.6) is 0 Å². The van der Waals surface area contributed by atoms with Crippen LogP contribution in [0.4, 0.5) is 24.5 Å². The maximum Gasteiger partial charge on any atom is 0.416 e. The van der Waals surface area contributed by atoms with E-state index in [0.717, 1.165) is 17.8 Å². The molecule has 0 saturated heterocycles. The number of nitrogens with zero attached hydrogens (tertiary/aromatic N) is 1. The predicted molar refractivity (Wildman–Crippen MR) is 96.0 cm³/mol. The second-order valence-electron chi connectivity index (χ2n) is 6.13. The second-order valence-corrected chi connectivity index (χ2v) is 6.13. The van der Waals surface area contributed by atoms with Gasteiger partial charge in [-0.05, 0) is 48.9 Å². The molecular weight excluding hydrogens is 355 g/mol. The number of anilines is 2. The average Bonchev–Trinajstić information content (AvgIpc) is 2.99. The van der Waals surface area contributed by atoms with Crippen LogP contribution >= 0.6 is 0 Å². The lowest BCUT2D eigenvalue weighted by Crippen LogP contribution is -2.13. The van der Waals surface area contributed by atoms with E-state index in [-0.39, 0.29) is 12.3 Å². The Morgan fingerprint density at radius 3 is 2.44 bits per heavy atom. The molecule has 1 aliphatic rings. The van der Waals surface area contributed by atoms with Gasteiger partial charge in [0.25, 0.3) is 0 Å². The fourth-order valence-corrected chi connectivity index (χ4v) is 2.85. The molecular formula is C20H16F3N3O. The van der Waals surface area contributed by atoms with Crippen LogP contribution in [-0.2, 0) is 11.0 Å². The molecule has 0 fully saturated rings. The van der Waals surface area contributed by atoms with Crippen molar-refractivity contribution in [2.75, 3.05) is 17.2 Å². The van der Waals surface area contributed by atoms with Crippen LogP contribution < -0.4 is 10.6 Å². The van der Waals surface area contributed by atoms with E-state index in [1.165, 1.54) is 12.1 Å². The fraction of sp³-hybridized carbons (Fsp3) is 0.200. The van der Waals surface area contributed by atoms with Gasteiger partial charge in [0.05, 0.1) is 17.2 Å². The molecule has 3 rings (SSSR count). The smallest absolute Gasteiger partial charge is 0.381 e. The topological polar surface area (TPSA) is 64.9 Å². The molecule has 4 nitrogen and oxygen atoms in total. The van der Waals surface area contributed by atoms with Crippen LogP contribution in [0.15, 0.2) is 59.8 Å². The van der Waals surface area contributed by atoms with Gasteiger partial charge in [-0.3, -0.25) is 4.79 Å². The molecule has 7 heteroatoms. The summed E-state index contributed by atoms with van der Waals surface area (Å²) in [5.41, 5.74) is 1.99. The van der Waals surface area contributed by atoms with Crippen LogP contribution in [0.3, 0.4) is 0 Å². The Morgan fingerprint density at radius 2 is 1.78 bits per heavy atom. The zero-order chi connectivity index (χ0) is 19.4. The van der Waals surface area contributed by atoms with Crippen molar-refractivity contribution in [2.45, 2.75) is 19.0 Å². The Hall–Kier alpha value is -3.27. The van der Waals surface area contributed by atoms with Crippen molar-refractivity contribution in [3.63, 3.8) is 0 Å². The van der Waals surface area contributed by atoms with E-state index in [1.54, 1.807) is 24.3 Å². The fourth-order valence-electron chi connectivity index (χ4n) is 2.85. The number of carbonyl (C=O) groups is 1. The van der Waals surface area contributed by atoms with E-state index >= 15 is 0 Å². The van der Waals surface area contributed by atoms with Crippen LogP contribution in [0.25, 0.3) is 0 Å². The number of hydrogen-bond donors (Lipinski definition) is 2. The Labute approximate surface area is 154 Å². The molecule has 2 N–H and O–H groups in total. The lowest BCUT2D eigenvalue weighted by atomic mass is 10.1. The SMILES string of the molecule is N#Cc1ccc(NCC2=C(Nc3cccc(C(F)(F)F)c3)CCC2=O)cc1. The van der Waals surface area contributed by atoms with Crippen molar-refractivity contribution in [3.05, 3.63) is 70.9 Å². The van der Waals surface area contributed by atoms with Crippen molar-refractivity contribution < 1.29 is 18.0 Å². The van der Waals surface area contributed by atoms with Crippen molar-refractivity contribution in [2.24, 2.45) is 0 Å². The molecule has 0 unspecified atom stereocenters. The third kappa shape index (κ3) is 4.47. The summed E-state index contributed by atoms with van der Waals surface area (Å²) in [7, 11) is 0. The summed E-state index contributed by atoms with van der Waals surface area (Å²) in [5, 5.41) is 14.9. The second kappa shape index (κ2) is 7.54. The Bertz CT molecular complexity index is 925. The number of Topliss-reactive ketones (excluding diaryl/α,β-unsaturated/α-hetero) is 1. The molecule has 2 aromatic rings. The monoisotopic (exact) mass is 371 g/mol. The highest BCUT2D eigenvalue weighted by Crippen LogP contribution is 2.32. The van der Waals surface area contributed by atoms with Crippen molar-refractivity contribution in [1.29, 1.82) is 5.26 Å². The molecule has 2 aromatic carbocycles. The summed E-state index contributed by atoms with van der Waals surface area (Å²) in [4.78, 5) is 12.2. The Balaban J connectivity index is 1.75. The van der Waals surface area contributed by atoms with Crippen LogP contribution in [0.2, 0.25) is 0 Å². The molecule has 0 amide bonds. The molecule has 0 aliphatic heterocycles. The summed E-state index contributed by atoms with van der Waals surface area (Å²) in [6.07, 6.45) is -3.64. The summed E-state index contributed by atoms with van der Waals surface area (Å²) in [6.45, 7) is 0.256. The number of allylic oxidation sites excluding steroid dienone is 1. The standard InChI is InChI=1S/C20H16F3N3O/c21-20(22,23)14-2-1-3-16(10-14)26-18-8-9-19(27)17(18)12-25-15-6-4-13(11-24)5-7-15/h1-7,10,25-26H,8-9,12H2. The Kier molecular flexibility index (Phi) is 5.17. The normalized spacial score (nSPS) is 14.2. The van der Waals surface area contributed by atoms with Gasteiger partial charge in [0.2, 0.25) is 0 Å². The first-order chi connectivity index (χ1) is 12.9. The van der Waals surface area contributed by atoms with Gasteiger partial charge in [0.1, 0.15) is 0 Å². The van der Waals surface area contributed by atoms with Gasteiger partial charge in [-0.1, -0.05) is 6.07 Å². The minimum Gasteiger partial charge on any atom is -0.381 e. The largest absolute Gasteiger partial charge is 0.416 e. The lowest BCUT2D eigenvalue weighted by Gasteiger charge is -2.13. The maximum absolute atomic E-state index is 12.9. The zero-order valence-electron chi connectivity index (χ0n) is 14.2. The zero-order valence-corrected chi connectivity index (χ0v) is 14.2. The number of nitrogens with one attached hydrogen (secondary N) is 2. The number of carbonyl (C=O) groups excluding carboxylic acids is 1. The van der Waals surface area contributed by atoms with E-state index in [2.05, 4.69) is 10.6 Å². The van der Waals surface area contributed by atoms with Crippen LogP contribution in [0, 0.1) is 11.3 Å². The minimum absolute atomic E-state index is 0.0365. The number of nitriles is 1. The van der Waals surface area contributed by atoms with Gasteiger partial charge in [-0.15, -0.1) is 0 Å². The molecule has 1 aliphatic carbocycles. The molecule has 138 valence electrons. The number of alkyl halides is 3. The van der Waals surface area contributed by atoms with Crippen LogP contribution in [-0.4, -0.2) is 12.3 Å². The summed E-state index contributed by atoms with van der Waals surface area (Å²) < 4.78 is 38.6. The maximum atomic E-state index is 12.9. The average molecular weight is 371 g/mol. The lowest BCUT2D eigenvalue weighted by molar-refractivity contribution is -0.137. The van der Waals surface area contributed by atoms with Crippen molar-refractivity contribution in [3.8, 4) is 6.07 Å². The van der Waals surface area contributed by atoms with Gasteiger partial charge < -0.3 is 10.6 Å².